The van der Waals surface area contributed by atoms with Crippen molar-refractivity contribution in [2.45, 2.75) is 0 Å². The summed E-state index contributed by atoms with van der Waals surface area (Å²) in [6.07, 6.45) is 1.45. The maximum absolute atomic E-state index is 14.0. The first-order valence-corrected chi connectivity index (χ1v) is 6.09. The first kappa shape index (κ1) is 14.5. The van der Waals surface area contributed by atoms with Crippen molar-refractivity contribution < 1.29 is 17.9 Å². The summed E-state index contributed by atoms with van der Waals surface area (Å²) in [6, 6.07) is 5.82. The van der Waals surface area contributed by atoms with Gasteiger partial charge in [-0.05, 0) is 6.07 Å². The zero-order valence-corrected chi connectivity index (χ0v) is 11.1. The van der Waals surface area contributed by atoms with Crippen LogP contribution in [0.4, 0.5) is 13.2 Å². The van der Waals surface area contributed by atoms with Gasteiger partial charge in [-0.3, -0.25) is 0 Å². The summed E-state index contributed by atoms with van der Waals surface area (Å²) < 4.78 is 46.4. The monoisotopic (exact) mass is 298 g/mol. The second-order valence-electron chi connectivity index (χ2n) is 3.96. The van der Waals surface area contributed by atoms with Crippen LogP contribution in [0.2, 0.25) is 5.02 Å². The highest BCUT2D eigenvalue weighted by Crippen LogP contribution is 2.35. The van der Waals surface area contributed by atoms with E-state index in [9.17, 15) is 13.2 Å². The maximum Gasteiger partial charge on any atom is 0.142 e. The van der Waals surface area contributed by atoms with Crippen molar-refractivity contribution in [3.63, 3.8) is 0 Å². The second kappa shape index (κ2) is 6.01. The molecule has 0 heterocycles. The minimum Gasteiger partial charge on any atom is -0.489 e. The summed E-state index contributed by atoms with van der Waals surface area (Å²) in [5.41, 5.74) is -0.433. The van der Waals surface area contributed by atoms with E-state index < -0.39 is 17.5 Å². The van der Waals surface area contributed by atoms with Gasteiger partial charge in [-0.1, -0.05) is 36.4 Å². The first-order chi connectivity index (χ1) is 9.54. The molecule has 5 heteroatoms. The highest BCUT2D eigenvalue weighted by molar-refractivity contribution is 6.33. The fourth-order valence-corrected chi connectivity index (χ4v) is 1.96. The van der Waals surface area contributed by atoms with Gasteiger partial charge < -0.3 is 4.74 Å². The van der Waals surface area contributed by atoms with E-state index in [1.807, 2.05) is 0 Å². The molecule has 0 fully saturated rings. The van der Waals surface area contributed by atoms with E-state index in [-0.39, 0.29) is 28.5 Å². The van der Waals surface area contributed by atoms with Crippen LogP contribution in [0.1, 0.15) is 0 Å². The standard InChI is InChI=1S/C15H10ClF3O/c1-2-6-20-9-7-12(18)14(13(19)8-9)10-4-3-5-11(17)15(10)16/h2-5,7-8H,1,6H2. The van der Waals surface area contributed by atoms with Crippen molar-refractivity contribution in [3.8, 4) is 16.9 Å². The predicted molar refractivity (Wildman–Crippen MR) is 72.5 cm³/mol. The van der Waals surface area contributed by atoms with Gasteiger partial charge in [0.1, 0.15) is 29.8 Å². The molecule has 0 saturated heterocycles. The lowest BCUT2D eigenvalue weighted by molar-refractivity contribution is 0.358. The molecular formula is C15H10ClF3O. The third-order valence-corrected chi connectivity index (χ3v) is 2.99. The van der Waals surface area contributed by atoms with E-state index >= 15 is 0 Å². The maximum atomic E-state index is 14.0. The van der Waals surface area contributed by atoms with Crippen molar-refractivity contribution in [2.24, 2.45) is 0 Å². The first-order valence-electron chi connectivity index (χ1n) is 5.71. The van der Waals surface area contributed by atoms with Gasteiger partial charge >= 0.3 is 0 Å². The Labute approximate surface area is 119 Å². The molecule has 0 amide bonds. The molecule has 0 aliphatic heterocycles. The van der Waals surface area contributed by atoms with Crippen molar-refractivity contribution in [2.75, 3.05) is 6.61 Å². The second-order valence-corrected chi connectivity index (χ2v) is 4.34. The Morgan fingerprint density at radius 1 is 1.10 bits per heavy atom. The summed E-state index contributed by atoms with van der Waals surface area (Å²) in [7, 11) is 0. The lowest BCUT2D eigenvalue weighted by Crippen LogP contribution is -1.98. The smallest absolute Gasteiger partial charge is 0.142 e. The molecule has 1 nitrogen and oxygen atoms in total. The van der Waals surface area contributed by atoms with E-state index in [4.69, 9.17) is 16.3 Å². The summed E-state index contributed by atoms with van der Waals surface area (Å²) >= 11 is 5.74. The van der Waals surface area contributed by atoms with Crippen LogP contribution in [-0.2, 0) is 0 Å². The topological polar surface area (TPSA) is 9.23 Å². The molecule has 0 N–H and O–H groups in total. The summed E-state index contributed by atoms with van der Waals surface area (Å²) in [5.74, 6) is -2.47. The van der Waals surface area contributed by atoms with Crippen LogP contribution in [0.3, 0.4) is 0 Å². The Morgan fingerprint density at radius 3 is 2.35 bits per heavy atom. The number of ether oxygens (including phenoxy) is 1. The van der Waals surface area contributed by atoms with Gasteiger partial charge in [0.2, 0.25) is 0 Å². The van der Waals surface area contributed by atoms with Gasteiger partial charge in [0.25, 0.3) is 0 Å². The number of hydrogen-bond acceptors (Lipinski definition) is 1. The van der Waals surface area contributed by atoms with E-state index in [1.165, 1.54) is 18.2 Å². The summed E-state index contributed by atoms with van der Waals surface area (Å²) in [5, 5.41) is -0.329. The minimum absolute atomic E-state index is 0.0242. The Bertz CT molecular complexity index is 633. The average Bonchev–Trinajstić information content (AvgIpc) is 2.40. The van der Waals surface area contributed by atoms with Crippen molar-refractivity contribution >= 4 is 11.6 Å². The zero-order valence-electron chi connectivity index (χ0n) is 10.3. The van der Waals surface area contributed by atoms with Crippen LogP contribution in [0.15, 0.2) is 43.0 Å². The third-order valence-electron chi connectivity index (χ3n) is 2.60. The fraction of sp³-hybridized carbons (Fsp3) is 0.0667. The van der Waals surface area contributed by atoms with E-state index in [0.717, 1.165) is 18.2 Å². The number of rotatable bonds is 4. The molecule has 2 aromatic rings. The lowest BCUT2D eigenvalue weighted by atomic mass is 10.0. The zero-order chi connectivity index (χ0) is 14.7. The molecule has 0 aliphatic rings. The van der Waals surface area contributed by atoms with Crippen molar-refractivity contribution in [1.82, 2.24) is 0 Å². The van der Waals surface area contributed by atoms with E-state index in [1.54, 1.807) is 0 Å². The minimum atomic E-state index is -0.878. The normalized spacial score (nSPS) is 10.4. The number of benzene rings is 2. The molecule has 0 unspecified atom stereocenters. The molecular weight excluding hydrogens is 289 g/mol. The van der Waals surface area contributed by atoms with Crippen LogP contribution in [-0.4, -0.2) is 6.61 Å². The number of hydrogen-bond donors (Lipinski definition) is 0. The molecule has 0 atom stereocenters. The summed E-state index contributed by atoms with van der Waals surface area (Å²) in [6.45, 7) is 3.56. The van der Waals surface area contributed by atoms with Crippen LogP contribution < -0.4 is 4.74 Å². The Kier molecular flexibility index (Phi) is 4.35. The van der Waals surface area contributed by atoms with Crippen LogP contribution in [0, 0.1) is 17.5 Å². The lowest BCUT2D eigenvalue weighted by Gasteiger charge is -2.10. The van der Waals surface area contributed by atoms with Gasteiger partial charge in [0, 0.05) is 17.7 Å². The molecule has 0 spiro atoms. The van der Waals surface area contributed by atoms with Crippen LogP contribution >= 0.6 is 11.6 Å². The third kappa shape index (κ3) is 2.80. The van der Waals surface area contributed by atoms with Gasteiger partial charge in [0.05, 0.1) is 10.6 Å². The molecule has 0 aromatic heterocycles. The highest BCUT2D eigenvalue weighted by Gasteiger charge is 2.18. The molecule has 20 heavy (non-hydrogen) atoms. The Balaban J connectivity index is 2.52. The number of halogens is 4. The fourth-order valence-electron chi connectivity index (χ4n) is 1.74. The van der Waals surface area contributed by atoms with Gasteiger partial charge in [-0.2, -0.15) is 0 Å². The molecule has 104 valence electrons. The van der Waals surface area contributed by atoms with Crippen LogP contribution in [0.5, 0.6) is 5.75 Å². The predicted octanol–water partition coefficient (Wildman–Crippen LogP) is 4.99. The average molecular weight is 299 g/mol. The molecule has 2 rings (SSSR count). The highest BCUT2D eigenvalue weighted by atomic mass is 35.5. The van der Waals surface area contributed by atoms with Gasteiger partial charge in [-0.25, -0.2) is 13.2 Å². The molecule has 0 saturated carbocycles. The van der Waals surface area contributed by atoms with Gasteiger partial charge in [-0.15, -0.1) is 0 Å². The van der Waals surface area contributed by atoms with E-state index in [2.05, 4.69) is 6.58 Å². The van der Waals surface area contributed by atoms with E-state index in [0.29, 0.717) is 0 Å². The van der Waals surface area contributed by atoms with Gasteiger partial charge in [0.15, 0.2) is 0 Å². The molecule has 2 aromatic carbocycles. The van der Waals surface area contributed by atoms with Crippen LogP contribution in [0.25, 0.3) is 11.1 Å². The van der Waals surface area contributed by atoms with Crippen molar-refractivity contribution in [1.29, 1.82) is 0 Å². The largest absolute Gasteiger partial charge is 0.489 e. The Morgan fingerprint density at radius 2 is 1.75 bits per heavy atom. The van der Waals surface area contributed by atoms with Crippen molar-refractivity contribution in [3.05, 3.63) is 65.5 Å². The molecule has 0 bridgehead atoms. The quantitative estimate of drug-likeness (QED) is 0.723. The molecule has 0 radical (unpaired) electrons. The summed E-state index contributed by atoms with van der Waals surface area (Å²) in [4.78, 5) is 0. The Hall–Kier alpha value is -1.94. The molecule has 0 aliphatic carbocycles. The SMILES string of the molecule is C=CCOc1cc(F)c(-c2cccc(F)c2Cl)c(F)c1.